The van der Waals surface area contributed by atoms with E-state index in [4.69, 9.17) is 15.9 Å². The molecule has 0 saturated heterocycles. The minimum absolute atomic E-state index is 0.0256. The standard InChI is InChI=1S/C10H17N3O6S.C4H6N2/c11-5(10(18)19)1-2-7(14)13-6(4-20)9(17)12-3-8(15)16;1-4-2-5-6-3-4/h5-6,20H,1-4,11H2,(H,12,17)(H,13,14)(H,15,16)(H,18,19);2-3H,1H3,(H,5,6)/t5-,6-;/m0./s1. The maximum atomic E-state index is 11.5. The molecule has 1 rings (SSSR count). The van der Waals surface area contributed by atoms with Crippen molar-refractivity contribution in [1.29, 1.82) is 0 Å². The van der Waals surface area contributed by atoms with E-state index in [1.54, 1.807) is 6.20 Å². The zero-order chi connectivity index (χ0) is 20.1. The molecule has 0 aliphatic heterocycles. The monoisotopic (exact) mass is 389 g/mol. The Morgan fingerprint density at radius 3 is 2.38 bits per heavy atom. The molecule has 0 radical (unpaired) electrons. The second-order valence-corrected chi connectivity index (χ2v) is 5.54. The lowest BCUT2D eigenvalue weighted by molar-refractivity contribution is -0.139. The van der Waals surface area contributed by atoms with Gasteiger partial charge in [0, 0.05) is 18.4 Å². The highest BCUT2D eigenvalue weighted by atomic mass is 32.1. The normalized spacial score (nSPS) is 12.1. The molecule has 0 bridgehead atoms. The van der Waals surface area contributed by atoms with Crippen LogP contribution in [-0.2, 0) is 19.2 Å². The van der Waals surface area contributed by atoms with Crippen LogP contribution < -0.4 is 16.4 Å². The first kappa shape index (κ1) is 23.4. The fourth-order valence-corrected chi connectivity index (χ4v) is 1.73. The molecule has 1 heterocycles. The van der Waals surface area contributed by atoms with Crippen molar-refractivity contribution in [3.05, 3.63) is 18.0 Å². The number of carboxylic acids is 2. The largest absolute Gasteiger partial charge is 0.480 e. The second-order valence-electron chi connectivity index (χ2n) is 5.17. The highest BCUT2D eigenvalue weighted by Gasteiger charge is 2.20. The lowest BCUT2D eigenvalue weighted by atomic mass is 10.1. The number of aliphatic carboxylic acids is 2. The number of nitrogens with one attached hydrogen (secondary N) is 3. The molecule has 7 N–H and O–H groups in total. The van der Waals surface area contributed by atoms with Gasteiger partial charge in [0.2, 0.25) is 11.8 Å². The molecule has 11 nitrogen and oxygen atoms in total. The van der Waals surface area contributed by atoms with E-state index in [-0.39, 0.29) is 18.6 Å². The summed E-state index contributed by atoms with van der Waals surface area (Å²) < 4.78 is 0. The fraction of sp³-hybridized carbons (Fsp3) is 0.500. The highest BCUT2D eigenvalue weighted by Crippen LogP contribution is 1.97. The molecular weight excluding hydrogens is 366 g/mol. The van der Waals surface area contributed by atoms with Gasteiger partial charge in [0.05, 0.1) is 6.20 Å². The van der Waals surface area contributed by atoms with Gasteiger partial charge in [-0.25, -0.2) is 0 Å². The molecule has 12 heteroatoms. The number of aryl methyl sites for hydroxylation is 1. The molecular formula is C14H23N5O6S. The average molecular weight is 389 g/mol. The summed E-state index contributed by atoms with van der Waals surface area (Å²) in [5.41, 5.74) is 6.41. The summed E-state index contributed by atoms with van der Waals surface area (Å²) in [6.45, 7) is 1.42. The average Bonchev–Trinajstić information content (AvgIpc) is 3.06. The van der Waals surface area contributed by atoms with Crippen LogP contribution in [0.15, 0.2) is 12.4 Å². The van der Waals surface area contributed by atoms with Crippen molar-refractivity contribution in [3.8, 4) is 0 Å². The van der Waals surface area contributed by atoms with E-state index in [2.05, 4.69) is 33.5 Å². The lowest BCUT2D eigenvalue weighted by Crippen LogP contribution is -2.49. The Bertz CT molecular complexity index is 595. The molecule has 0 fully saturated rings. The molecule has 2 amide bonds. The topological polar surface area (TPSA) is 187 Å². The predicted octanol–water partition coefficient (Wildman–Crippen LogP) is -1.49. The predicted molar refractivity (Wildman–Crippen MR) is 94.6 cm³/mol. The summed E-state index contributed by atoms with van der Waals surface area (Å²) in [7, 11) is 0. The molecule has 1 aromatic rings. The number of hydrogen-bond acceptors (Lipinski definition) is 7. The number of amides is 2. The molecule has 0 unspecified atom stereocenters. The number of H-pyrrole nitrogens is 1. The SMILES string of the molecule is Cc1cn[nH]c1.N[C@@H](CCC(=O)N[C@@H](CS)C(=O)NCC(=O)O)C(=O)O. The third-order valence-corrected chi connectivity index (χ3v) is 3.25. The van der Waals surface area contributed by atoms with Crippen molar-refractivity contribution in [2.75, 3.05) is 12.3 Å². The molecule has 146 valence electrons. The van der Waals surface area contributed by atoms with Crippen molar-refractivity contribution >= 4 is 36.4 Å². The van der Waals surface area contributed by atoms with Gasteiger partial charge in [-0.05, 0) is 18.9 Å². The molecule has 0 spiro atoms. The Hall–Kier alpha value is -2.60. The first-order valence-corrected chi connectivity index (χ1v) is 8.14. The number of nitrogens with two attached hydrogens (primary N) is 1. The van der Waals surface area contributed by atoms with Gasteiger partial charge in [-0.1, -0.05) is 0 Å². The molecule has 0 aliphatic carbocycles. The number of thiol groups is 1. The summed E-state index contributed by atoms with van der Waals surface area (Å²) in [6, 6.07) is -2.15. The quantitative estimate of drug-likeness (QED) is 0.249. The van der Waals surface area contributed by atoms with E-state index < -0.39 is 42.4 Å². The van der Waals surface area contributed by atoms with Gasteiger partial charge in [0.1, 0.15) is 18.6 Å². The number of aromatic nitrogens is 2. The van der Waals surface area contributed by atoms with Crippen LogP contribution in [0.3, 0.4) is 0 Å². The van der Waals surface area contributed by atoms with Gasteiger partial charge in [0.15, 0.2) is 0 Å². The summed E-state index contributed by atoms with van der Waals surface area (Å²) in [5.74, 6) is -3.70. The molecule has 2 atom stereocenters. The van der Waals surface area contributed by atoms with Crippen LogP contribution in [0.1, 0.15) is 18.4 Å². The summed E-state index contributed by atoms with van der Waals surface area (Å²) >= 11 is 3.87. The van der Waals surface area contributed by atoms with Crippen molar-refractivity contribution in [3.63, 3.8) is 0 Å². The van der Waals surface area contributed by atoms with Crippen LogP contribution in [0.4, 0.5) is 0 Å². The number of aromatic amines is 1. The van der Waals surface area contributed by atoms with E-state index >= 15 is 0 Å². The van der Waals surface area contributed by atoms with Crippen LogP contribution in [-0.4, -0.2) is 68.5 Å². The van der Waals surface area contributed by atoms with E-state index in [0.717, 1.165) is 0 Å². The van der Waals surface area contributed by atoms with Gasteiger partial charge >= 0.3 is 11.9 Å². The molecule has 26 heavy (non-hydrogen) atoms. The van der Waals surface area contributed by atoms with E-state index in [9.17, 15) is 19.2 Å². The maximum absolute atomic E-state index is 11.5. The van der Waals surface area contributed by atoms with Crippen LogP contribution in [0, 0.1) is 6.92 Å². The minimum atomic E-state index is -1.22. The fourth-order valence-electron chi connectivity index (χ4n) is 1.47. The summed E-state index contributed by atoms with van der Waals surface area (Å²) in [6.07, 6.45) is 3.39. The van der Waals surface area contributed by atoms with Gasteiger partial charge in [-0.3, -0.25) is 24.3 Å². The van der Waals surface area contributed by atoms with Gasteiger partial charge in [-0.15, -0.1) is 0 Å². The minimum Gasteiger partial charge on any atom is -0.480 e. The third kappa shape index (κ3) is 11.0. The van der Waals surface area contributed by atoms with Gasteiger partial charge in [-0.2, -0.15) is 17.7 Å². The number of rotatable bonds is 9. The van der Waals surface area contributed by atoms with Crippen molar-refractivity contribution in [2.24, 2.45) is 5.73 Å². The number of carbonyl (C=O) groups is 4. The number of nitrogens with zero attached hydrogens (tertiary/aromatic N) is 1. The summed E-state index contributed by atoms with van der Waals surface area (Å²) in [5, 5.41) is 27.7. The maximum Gasteiger partial charge on any atom is 0.322 e. The first-order valence-electron chi connectivity index (χ1n) is 7.50. The van der Waals surface area contributed by atoms with E-state index in [1.807, 2.05) is 13.1 Å². The van der Waals surface area contributed by atoms with Crippen molar-refractivity contribution < 1.29 is 29.4 Å². The number of carboxylic acid groups (broad SMARTS) is 2. The molecule has 0 aliphatic rings. The molecule has 0 saturated carbocycles. The van der Waals surface area contributed by atoms with Crippen LogP contribution in [0.5, 0.6) is 0 Å². The van der Waals surface area contributed by atoms with E-state index in [1.165, 1.54) is 5.56 Å². The third-order valence-electron chi connectivity index (χ3n) is 2.88. The van der Waals surface area contributed by atoms with Crippen LogP contribution in [0.25, 0.3) is 0 Å². The van der Waals surface area contributed by atoms with Crippen molar-refractivity contribution in [1.82, 2.24) is 20.8 Å². The lowest BCUT2D eigenvalue weighted by Gasteiger charge is -2.16. The Balaban J connectivity index is 0.000000867. The number of hydrogen-bond donors (Lipinski definition) is 7. The zero-order valence-corrected chi connectivity index (χ0v) is 15.0. The van der Waals surface area contributed by atoms with E-state index in [0.29, 0.717) is 0 Å². The van der Waals surface area contributed by atoms with Crippen LogP contribution in [0.2, 0.25) is 0 Å². The Morgan fingerprint density at radius 1 is 1.35 bits per heavy atom. The Kier molecular flexibility index (Phi) is 11.4. The van der Waals surface area contributed by atoms with Crippen molar-refractivity contribution in [2.45, 2.75) is 31.8 Å². The Morgan fingerprint density at radius 2 is 2.00 bits per heavy atom. The van der Waals surface area contributed by atoms with Gasteiger partial charge < -0.3 is 26.6 Å². The Labute approximate surface area is 155 Å². The van der Waals surface area contributed by atoms with Gasteiger partial charge in [0.25, 0.3) is 0 Å². The summed E-state index contributed by atoms with van der Waals surface area (Å²) in [4.78, 5) is 43.7. The molecule has 1 aromatic heterocycles. The number of carbonyl (C=O) groups excluding carboxylic acids is 2. The smallest absolute Gasteiger partial charge is 0.322 e. The second kappa shape index (κ2) is 12.7. The zero-order valence-electron chi connectivity index (χ0n) is 14.1. The van der Waals surface area contributed by atoms with Crippen LogP contribution >= 0.6 is 12.6 Å². The first-order chi connectivity index (χ1) is 12.2. The molecule has 0 aromatic carbocycles. The highest BCUT2D eigenvalue weighted by molar-refractivity contribution is 7.80.